The van der Waals surface area contributed by atoms with Crippen LogP contribution in [0.2, 0.25) is 0 Å². The van der Waals surface area contributed by atoms with Crippen LogP contribution < -0.4 is 5.56 Å². The summed E-state index contributed by atoms with van der Waals surface area (Å²) in [6.45, 7) is 0. The Bertz CT molecular complexity index is 984. The van der Waals surface area contributed by atoms with Gasteiger partial charge in [0.05, 0.1) is 10.6 Å². The highest BCUT2D eigenvalue weighted by atomic mass is 16.6. The molecule has 1 aromatic carbocycles. The lowest BCUT2D eigenvalue weighted by Crippen LogP contribution is -2.19. The van der Waals surface area contributed by atoms with E-state index in [1.807, 2.05) is 6.07 Å². The van der Waals surface area contributed by atoms with Crippen LogP contribution in [0.3, 0.4) is 0 Å². The number of nitriles is 1. The summed E-state index contributed by atoms with van der Waals surface area (Å²) in [5.74, 6) is 0. The number of nitro groups is 1. The van der Waals surface area contributed by atoms with Gasteiger partial charge in [0.15, 0.2) is 0 Å². The summed E-state index contributed by atoms with van der Waals surface area (Å²) in [5.41, 5.74) is 0.456. The van der Waals surface area contributed by atoms with Crippen molar-refractivity contribution in [2.75, 3.05) is 0 Å². The SMILES string of the molecule is N#Cc1c(-c2ccc([N+](=O)[O-])cc2)nc2ccccn2c1=O. The number of hydrogen-bond acceptors (Lipinski definition) is 5. The first-order valence-corrected chi connectivity index (χ1v) is 6.28. The van der Waals surface area contributed by atoms with E-state index < -0.39 is 10.5 Å². The minimum Gasteiger partial charge on any atom is -0.267 e. The van der Waals surface area contributed by atoms with Crippen molar-refractivity contribution in [3.8, 4) is 17.3 Å². The first-order valence-electron chi connectivity index (χ1n) is 6.28. The van der Waals surface area contributed by atoms with Crippen LogP contribution in [0.1, 0.15) is 5.56 Å². The molecule has 0 fully saturated rings. The van der Waals surface area contributed by atoms with Crippen molar-refractivity contribution in [1.29, 1.82) is 5.26 Å². The molecule has 0 saturated heterocycles. The lowest BCUT2D eigenvalue weighted by atomic mass is 10.1. The van der Waals surface area contributed by atoms with E-state index in [1.54, 1.807) is 18.2 Å². The maximum atomic E-state index is 12.3. The molecule has 0 amide bonds. The molecule has 2 heterocycles. The molecule has 0 aliphatic heterocycles. The molecule has 0 spiro atoms. The largest absolute Gasteiger partial charge is 0.276 e. The van der Waals surface area contributed by atoms with Gasteiger partial charge in [-0.3, -0.25) is 19.3 Å². The summed E-state index contributed by atoms with van der Waals surface area (Å²) >= 11 is 0. The molecule has 0 radical (unpaired) electrons. The fourth-order valence-corrected chi connectivity index (χ4v) is 2.14. The molecule has 2 aromatic heterocycles. The van der Waals surface area contributed by atoms with Crippen molar-refractivity contribution < 1.29 is 4.92 Å². The minimum atomic E-state index is -0.516. The number of fused-ring (bicyclic) bond motifs is 1. The van der Waals surface area contributed by atoms with Gasteiger partial charge in [0.1, 0.15) is 17.3 Å². The van der Waals surface area contributed by atoms with Crippen molar-refractivity contribution in [2.24, 2.45) is 0 Å². The van der Waals surface area contributed by atoms with Crippen LogP contribution in [0.4, 0.5) is 5.69 Å². The summed E-state index contributed by atoms with van der Waals surface area (Å²) in [6.07, 6.45) is 1.53. The van der Waals surface area contributed by atoms with Crippen LogP contribution in [0, 0.1) is 21.4 Å². The zero-order valence-corrected chi connectivity index (χ0v) is 11.1. The normalized spacial score (nSPS) is 10.3. The molecule has 0 aliphatic carbocycles. The van der Waals surface area contributed by atoms with Crippen molar-refractivity contribution >= 4 is 11.3 Å². The number of benzene rings is 1. The van der Waals surface area contributed by atoms with Gasteiger partial charge in [-0.05, 0) is 24.3 Å². The lowest BCUT2D eigenvalue weighted by Gasteiger charge is -2.06. The number of hydrogen-bond donors (Lipinski definition) is 0. The first kappa shape index (κ1) is 13.5. The molecule has 7 heteroatoms. The molecule has 3 rings (SSSR count). The van der Waals surface area contributed by atoms with Gasteiger partial charge >= 0.3 is 0 Å². The lowest BCUT2D eigenvalue weighted by molar-refractivity contribution is -0.384. The fraction of sp³-hybridized carbons (Fsp3) is 0. The number of nitrogens with zero attached hydrogens (tertiary/aromatic N) is 4. The Labute approximate surface area is 123 Å². The number of rotatable bonds is 2. The molecule has 7 nitrogen and oxygen atoms in total. The molecular weight excluding hydrogens is 284 g/mol. The zero-order valence-electron chi connectivity index (χ0n) is 11.1. The van der Waals surface area contributed by atoms with Gasteiger partial charge < -0.3 is 0 Å². The van der Waals surface area contributed by atoms with Gasteiger partial charge in [-0.15, -0.1) is 0 Å². The van der Waals surface area contributed by atoms with Crippen molar-refractivity contribution in [2.45, 2.75) is 0 Å². The van der Waals surface area contributed by atoms with Crippen LogP contribution in [0.25, 0.3) is 16.9 Å². The van der Waals surface area contributed by atoms with Crippen LogP contribution in [-0.4, -0.2) is 14.3 Å². The Morgan fingerprint density at radius 1 is 1.18 bits per heavy atom. The molecule has 3 aromatic rings. The number of non-ortho nitro benzene ring substituents is 1. The van der Waals surface area contributed by atoms with Gasteiger partial charge in [0.25, 0.3) is 11.2 Å². The maximum absolute atomic E-state index is 12.3. The monoisotopic (exact) mass is 292 g/mol. The second kappa shape index (κ2) is 5.10. The van der Waals surface area contributed by atoms with E-state index in [-0.39, 0.29) is 16.9 Å². The number of pyridine rings is 1. The van der Waals surface area contributed by atoms with Crippen LogP contribution >= 0.6 is 0 Å². The number of nitro benzene ring substituents is 1. The van der Waals surface area contributed by atoms with E-state index in [4.69, 9.17) is 0 Å². The topological polar surface area (TPSA) is 101 Å². The maximum Gasteiger partial charge on any atom is 0.276 e. The van der Waals surface area contributed by atoms with Gasteiger partial charge in [-0.2, -0.15) is 5.26 Å². The quantitative estimate of drug-likeness (QED) is 0.532. The van der Waals surface area contributed by atoms with Crippen molar-refractivity contribution in [1.82, 2.24) is 9.38 Å². The van der Waals surface area contributed by atoms with E-state index in [0.29, 0.717) is 11.2 Å². The Balaban J connectivity index is 2.28. The Hall–Kier alpha value is -3.53. The van der Waals surface area contributed by atoms with Crippen molar-refractivity contribution in [3.05, 3.63) is 74.7 Å². The molecule has 0 bridgehead atoms. The van der Waals surface area contributed by atoms with E-state index in [1.165, 1.54) is 34.9 Å². The Morgan fingerprint density at radius 2 is 1.91 bits per heavy atom. The molecule has 22 heavy (non-hydrogen) atoms. The second-order valence-electron chi connectivity index (χ2n) is 4.49. The standard InChI is InChI=1S/C15H8N4O3/c16-9-12-14(10-4-6-11(7-5-10)19(21)22)17-13-3-1-2-8-18(13)15(12)20/h1-8H. The summed E-state index contributed by atoms with van der Waals surface area (Å²) < 4.78 is 1.29. The van der Waals surface area contributed by atoms with Crippen LogP contribution in [0.15, 0.2) is 53.5 Å². The van der Waals surface area contributed by atoms with E-state index in [2.05, 4.69) is 4.98 Å². The van der Waals surface area contributed by atoms with E-state index in [9.17, 15) is 20.2 Å². The summed E-state index contributed by atoms with van der Waals surface area (Å²) in [6, 6.07) is 12.5. The average molecular weight is 292 g/mol. The second-order valence-corrected chi connectivity index (χ2v) is 4.49. The molecule has 106 valence electrons. The van der Waals surface area contributed by atoms with Gasteiger partial charge in [0.2, 0.25) is 0 Å². The summed E-state index contributed by atoms with van der Waals surface area (Å²) in [5, 5.41) is 19.9. The predicted octanol–water partition coefficient (Wildman–Crippen LogP) is 2.14. The highest BCUT2D eigenvalue weighted by Crippen LogP contribution is 2.22. The van der Waals surface area contributed by atoms with Crippen LogP contribution in [0.5, 0.6) is 0 Å². The molecule has 0 saturated carbocycles. The van der Waals surface area contributed by atoms with Crippen molar-refractivity contribution in [3.63, 3.8) is 0 Å². The summed E-state index contributed by atoms with van der Waals surface area (Å²) in [4.78, 5) is 26.8. The molecular formula is C15H8N4O3. The Kier molecular flexibility index (Phi) is 3.12. The number of aromatic nitrogens is 2. The third-order valence-corrected chi connectivity index (χ3v) is 3.20. The predicted molar refractivity (Wildman–Crippen MR) is 78.3 cm³/mol. The minimum absolute atomic E-state index is 0.0697. The molecule has 0 N–H and O–H groups in total. The van der Waals surface area contributed by atoms with Gasteiger partial charge in [-0.25, -0.2) is 4.98 Å². The van der Waals surface area contributed by atoms with Gasteiger partial charge in [0, 0.05) is 23.9 Å². The zero-order chi connectivity index (χ0) is 15.7. The third kappa shape index (κ3) is 2.09. The van der Waals surface area contributed by atoms with E-state index >= 15 is 0 Å². The fourth-order valence-electron chi connectivity index (χ4n) is 2.14. The third-order valence-electron chi connectivity index (χ3n) is 3.20. The van der Waals surface area contributed by atoms with Crippen LogP contribution in [-0.2, 0) is 0 Å². The van der Waals surface area contributed by atoms with E-state index in [0.717, 1.165) is 0 Å². The van der Waals surface area contributed by atoms with Gasteiger partial charge in [-0.1, -0.05) is 6.07 Å². The highest BCUT2D eigenvalue weighted by molar-refractivity contribution is 5.69. The summed E-state index contributed by atoms with van der Waals surface area (Å²) in [7, 11) is 0. The highest BCUT2D eigenvalue weighted by Gasteiger charge is 2.15. The molecule has 0 atom stereocenters. The first-order chi connectivity index (χ1) is 10.6. The molecule has 0 unspecified atom stereocenters. The average Bonchev–Trinajstić information content (AvgIpc) is 2.55. The smallest absolute Gasteiger partial charge is 0.267 e. The molecule has 0 aliphatic rings. The Morgan fingerprint density at radius 3 is 2.55 bits per heavy atom.